The molecule has 3 N–H and O–H groups in total. The van der Waals surface area contributed by atoms with E-state index in [1.165, 1.54) is 0 Å². The van der Waals surface area contributed by atoms with Crippen molar-refractivity contribution < 1.29 is 13.6 Å². The number of nitrogens with two attached hydrogens (primary N) is 1. The summed E-state index contributed by atoms with van der Waals surface area (Å²) in [6.45, 7) is 4.27. The van der Waals surface area contributed by atoms with E-state index in [9.17, 15) is 13.6 Å². The van der Waals surface area contributed by atoms with Crippen molar-refractivity contribution in [3.05, 3.63) is 24.3 Å². The second-order valence-electron chi connectivity index (χ2n) is 4.93. The number of hydrogen-bond acceptors (Lipinski definition) is 3. The average molecular weight is 302 g/mol. The molecule has 0 fully saturated rings. The van der Waals surface area contributed by atoms with Crippen molar-refractivity contribution in [2.45, 2.75) is 30.9 Å². The van der Waals surface area contributed by atoms with Crippen LogP contribution >= 0.6 is 11.8 Å². The number of anilines is 1. The van der Waals surface area contributed by atoms with E-state index in [1.807, 2.05) is 13.8 Å². The predicted octanol–water partition coefficient (Wildman–Crippen LogP) is 3.56. The highest BCUT2D eigenvalue weighted by Gasteiger charge is 2.19. The van der Waals surface area contributed by atoms with Crippen molar-refractivity contribution in [3.63, 3.8) is 0 Å². The molecule has 0 aliphatic rings. The Bertz CT molecular complexity index is 441. The minimum atomic E-state index is -2.52. The summed E-state index contributed by atoms with van der Waals surface area (Å²) in [5.41, 5.74) is 6.02. The van der Waals surface area contributed by atoms with Crippen molar-refractivity contribution in [1.29, 1.82) is 0 Å². The number of benzene rings is 1. The molecule has 1 rings (SSSR count). The number of nitrogens with one attached hydrogen (secondary N) is 1. The van der Waals surface area contributed by atoms with Gasteiger partial charge in [0.1, 0.15) is 0 Å². The number of amides is 1. The molecule has 1 atom stereocenters. The van der Waals surface area contributed by atoms with Crippen molar-refractivity contribution in [2.75, 3.05) is 11.9 Å². The van der Waals surface area contributed by atoms with Crippen LogP contribution in [0.3, 0.4) is 0 Å². The third-order valence-corrected chi connectivity index (χ3v) is 3.56. The van der Waals surface area contributed by atoms with Gasteiger partial charge in [0.25, 0.3) is 5.76 Å². The van der Waals surface area contributed by atoms with Crippen molar-refractivity contribution in [3.8, 4) is 0 Å². The van der Waals surface area contributed by atoms with Gasteiger partial charge in [0, 0.05) is 11.4 Å². The van der Waals surface area contributed by atoms with E-state index < -0.39 is 5.76 Å². The smallest absolute Gasteiger partial charge is 0.288 e. The Balaban J connectivity index is 2.78. The average Bonchev–Trinajstić information content (AvgIpc) is 2.37. The van der Waals surface area contributed by atoms with Gasteiger partial charge in [-0.3, -0.25) is 4.79 Å². The maximum absolute atomic E-state index is 12.5. The predicted molar refractivity (Wildman–Crippen MR) is 78.9 cm³/mol. The van der Waals surface area contributed by atoms with Crippen LogP contribution in [0.25, 0.3) is 0 Å². The molecule has 6 heteroatoms. The summed E-state index contributed by atoms with van der Waals surface area (Å²) in [5.74, 6) is -2.70. The normalized spacial score (nSPS) is 12.8. The van der Waals surface area contributed by atoms with Crippen LogP contribution in [0.1, 0.15) is 20.3 Å². The van der Waals surface area contributed by atoms with Crippen molar-refractivity contribution in [1.82, 2.24) is 0 Å². The van der Waals surface area contributed by atoms with E-state index in [1.54, 1.807) is 24.3 Å². The highest BCUT2D eigenvalue weighted by molar-refractivity contribution is 7.99. The van der Waals surface area contributed by atoms with Gasteiger partial charge in [0.2, 0.25) is 5.91 Å². The first kappa shape index (κ1) is 16.9. The summed E-state index contributed by atoms with van der Waals surface area (Å²) in [6, 6.07) is 6.54. The summed E-state index contributed by atoms with van der Waals surface area (Å²) >= 11 is 0.421. The first-order valence-corrected chi connectivity index (χ1v) is 7.36. The number of carbonyl (C=O) groups is 1. The highest BCUT2D eigenvalue weighted by Crippen LogP contribution is 2.32. The van der Waals surface area contributed by atoms with Gasteiger partial charge >= 0.3 is 0 Å². The topological polar surface area (TPSA) is 55.1 Å². The summed E-state index contributed by atoms with van der Waals surface area (Å²) in [4.78, 5) is 12.5. The molecule has 0 aliphatic carbocycles. The van der Waals surface area contributed by atoms with Gasteiger partial charge in [-0.15, -0.1) is 0 Å². The van der Waals surface area contributed by atoms with Crippen LogP contribution in [0, 0.1) is 11.8 Å². The molecule has 0 saturated carbocycles. The highest BCUT2D eigenvalue weighted by atomic mass is 32.2. The number of para-hydroxylation sites is 1. The molecule has 0 radical (unpaired) electrons. The Hall–Kier alpha value is -1.14. The standard InChI is InChI=1S/C14H20F2N2OS/c1-9(2)7-10(8-17)13(19)18-11-5-3-4-6-12(11)20-14(15)16/h3-6,9-10,14H,7-8,17H2,1-2H3,(H,18,19). The fourth-order valence-corrected chi connectivity index (χ4v) is 2.48. The quantitative estimate of drug-likeness (QED) is 0.757. The van der Waals surface area contributed by atoms with Gasteiger partial charge in [0.15, 0.2) is 0 Å². The fraction of sp³-hybridized carbons (Fsp3) is 0.500. The summed E-state index contributed by atoms with van der Waals surface area (Å²) < 4.78 is 24.9. The summed E-state index contributed by atoms with van der Waals surface area (Å²) in [7, 11) is 0. The lowest BCUT2D eigenvalue weighted by molar-refractivity contribution is -0.120. The zero-order chi connectivity index (χ0) is 15.1. The maximum Gasteiger partial charge on any atom is 0.288 e. The molecule has 1 aromatic rings. The third-order valence-electron chi connectivity index (χ3n) is 2.77. The molecule has 112 valence electrons. The molecule has 3 nitrogen and oxygen atoms in total. The number of rotatable bonds is 7. The maximum atomic E-state index is 12.5. The SMILES string of the molecule is CC(C)CC(CN)C(=O)Nc1ccccc1SC(F)F. The van der Waals surface area contributed by atoms with Gasteiger partial charge in [0.05, 0.1) is 11.6 Å². The number of halogens is 2. The fourth-order valence-electron chi connectivity index (χ4n) is 1.88. The third kappa shape index (κ3) is 5.46. The Morgan fingerprint density at radius 1 is 1.35 bits per heavy atom. The zero-order valence-corrected chi connectivity index (χ0v) is 12.4. The Morgan fingerprint density at radius 2 is 2.00 bits per heavy atom. The van der Waals surface area contributed by atoms with Gasteiger partial charge in [-0.25, -0.2) is 0 Å². The van der Waals surface area contributed by atoms with E-state index in [0.29, 0.717) is 34.7 Å². The lowest BCUT2D eigenvalue weighted by atomic mass is 9.96. The molecule has 1 unspecified atom stereocenters. The zero-order valence-electron chi connectivity index (χ0n) is 11.6. The van der Waals surface area contributed by atoms with Crippen LogP contribution in [0.5, 0.6) is 0 Å². The molecule has 0 saturated heterocycles. The molecular formula is C14H20F2N2OS. The van der Waals surface area contributed by atoms with Crippen LogP contribution in [0.2, 0.25) is 0 Å². The molecule has 1 amide bonds. The second-order valence-corrected chi connectivity index (χ2v) is 5.96. The first-order valence-electron chi connectivity index (χ1n) is 6.48. The number of alkyl halides is 2. The molecule has 0 heterocycles. The number of hydrogen-bond donors (Lipinski definition) is 2. The number of carbonyl (C=O) groups excluding carboxylic acids is 1. The van der Waals surface area contributed by atoms with Crippen LogP contribution in [0.15, 0.2) is 29.2 Å². The summed E-state index contributed by atoms with van der Waals surface area (Å²) in [5, 5.41) is 2.70. The minimum absolute atomic E-state index is 0.219. The molecule has 20 heavy (non-hydrogen) atoms. The van der Waals surface area contributed by atoms with Gasteiger partial charge in [-0.2, -0.15) is 8.78 Å². The van der Waals surface area contributed by atoms with Crippen molar-refractivity contribution >= 4 is 23.4 Å². The van der Waals surface area contributed by atoms with E-state index in [2.05, 4.69) is 5.32 Å². The first-order chi connectivity index (χ1) is 9.43. The Morgan fingerprint density at radius 3 is 2.55 bits per heavy atom. The van der Waals surface area contributed by atoms with E-state index in [0.717, 1.165) is 0 Å². The molecule has 0 bridgehead atoms. The van der Waals surface area contributed by atoms with Gasteiger partial charge < -0.3 is 11.1 Å². The molecule has 0 aromatic heterocycles. The lowest BCUT2D eigenvalue weighted by Crippen LogP contribution is -2.30. The van der Waals surface area contributed by atoms with Gasteiger partial charge in [-0.1, -0.05) is 37.7 Å². The molecular weight excluding hydrogens is 282 g/mol. The van der Waals surface area contributed by atoms with E-state index in [4.69, 9.17) is 5.73 Å². The van der Waals surface area contributed by atoms with E-state index in [-0.39, 0.29) is 18.4 Å². The molecule has 0 spiro atoms. The van der Waals surface area contributed by atoms with Crippen LogP contribution in [-0.2, 0) is 4.79 Å². The molecule has 1 aromatic carbocycles. The minimum Gasteiger partial charge on any atom is -0.330 e. The summed E-state index contributed by atoms with van der Waals surface area (Å²) in [6.07, 6.45) is 0.673. The Kier molecular flexibility index (Phi) is 6.95. The van der Waals surface area contributed by atoms with E-state index >= 15 is 0 Å². The Labute approximate surface area is 122 Å². The van der Waals surface area contributed by atoms with Crippen LogP contribution in [-0.4, -0.2) is 18.2 Å². The van der Waals surface area contributed by atoms with Crippen molar-refractivity contribution in [2.24, 2.45) is 17.6 Å². The van der Waals surface area contributed by atoms with Crippen LogP contribution < -0.4 is 11.1 Å². The molecule has 0 aliphatic heterocycles. The number of thioether (sulfide) groups is 1. The lowest BCUT2D eigenvalue weighted by Gasteiger charge is -2.18. The largest absolute Gasteiger partial charge is 0.330 e. The van der Waals surface area contributed by atoms with Crippen LogP contribution in [0.4, 0.5) is 14.5 Å². The monoisotopic (exact) mass is 302 g/mol. The van der Waals surface area contributed by atoms with Gasteiger partial charge in [-0.05, 0) is 24.5 Å². The second kappa shape index (κ2) is 8.21.